The van der Waals surface area contributed by atoms with E-state index < -0.39 is 68.0 Å². The van der Waals surface area contributed by atoms with Crippen molar-refractivity contribution < 1.29 is 64.6 Å². The van der Waals surface area contributed by atoms with Crippen LogP contribution in [0.2, 0.25) is 0 Å². The lowest BCUT2D eigenvalue weighted by Gasteiger charge is -2.64. The summed E-state index contributed by atoms with van der Waals surface area (Å²) in [7, 11) is 0. The Balaban J connectivity index is 1.16. The first-order valence-corrected chi connectivity index (χ1v) is 20.7. The normalized spacial score (nSPS) is 54.3. The fourth-order valence-corrected chi connectivity index (χ4v) is 14.1. The van der Waals surface area contributed by atoms with Crippen LogP contribution in [0.3, 0.4) is 0 Å². The standard InChI is InChI=1S/C41H68O13/c1-19(2)21(43)9-8-20(3)29-23(52-35-33(49)30(46)22(44)17-51-35)14-38(6)26-11-10-25-37(4,5)28(54-36-34(50)32(48)31(47)24(16-42)53-36)12-13-40(25)18-41(26,40)27(45)15-39(29,38)7/h19-20,22-36,42,44-50H,8-18H2,1-7H3/t20-,22+,23+,24-,25+,26+,27-,28+,29+,30+,31-,32+,33-,34-,35+,36+,38+,39-,40-,41+/m1/s1. The van der Waals surface area contributed by atoms with Crippen molar-refractivity contribution in [1.82, 2.24) is 0 Å². The van der Waals surface area contributed by atoms with Crippen LogP contribution in [0.1, 0.15) is 106 Å². The van der Waals surface area contributed by atoms with E-state index in [0.717, 1.165) is 25.7 Å². The van der Waals surface area contributed by atoms with Crippen LogP contribution in [0, 0.1) is 56.7 Å². The molecule has 0 aromatic heterocycles. The van der Waals surface area contributed by atoms with Crippen LogP contribution in [0.25, 0.3) is 0 Å². The molecule has 13 nitrogen and oxygen atoms in total. The lowest BCUT2D eigenvalue weighted by Crippen LogP contribution is -2.63. The second kappa shape index (κ2) is 14.2. The number of aliphatic hydroxyl groups excluding tert-OH is 8. The van der Waals surface area contributed by atoms with Gasteiger partial charge in [-0.2, -0.15) is 0 Å². The number of carbonyl (C=O) groups is 1. The van der Waals surface area contributed by atoms with Gasteiger partial charge in [0.05, 0.1) is 31.5 Å². The molecule has 7 rings (SSSR count). The Morgan fingerprint density at radius 3 is 2.13 bits per heavy atom. The van der Waals surface area contributed by atoms with Gasteiger partial charge < -0.3 is 59.8 Å². The van der Waals surface area contributed by atoms with Crippen LogP contribution in [0.15, 0.2) is 0 Å². The predicted octanol–water partition coefficient (Wildman–Crippen LogP) is 1.66. The van der Waals surface area contributed by atoms with Gasteiger partial charge in [-0.1, -0.05) is 48.5 Å². The van der Waals surface area contributed by atoms with Gasteiger partial charge in [-0.15, -0.1) is 0 Å². The molecule has 2 spiro atoms. The van der Waals surface area contributed by atoms with Gasteiger partial charge >= 0.3 is 0 Å². The molecule has 2 heterocycles. The highest BCUT2D eigenvalue weighted by Gasteiger charge is 2.85. The average Bonchev–Trinajstić information content (AvgIpc) is 3.75. The van der Waals surface area contributed by atoms with E-state index in [4.69, 9.17) is 18.9 Å². The van der Waals surface area contributed by atoms with Crippen molar-refractivity contribution in [2.45, 2.75) is 180 Å². The van der Waals surface area contributed by atoms with E-state index in [9.17, 15) is 45.6 Å². The molecular weight excluding hydrogens is 700 g/mol. The Morgan fingerprint density at radius 1 is 0.796 bits per heavy atom. The van der Waals surface area contributed by atoms with Crippen LogP contribution < -0.4 is 0 Å². The number of rotatable bonds is 10. The molecular formula is C41H68O13. The third kappa shape index (κ3) is 5.87. The van der Waals surface area contributed by atoms with E-state index in [1.54, 1.807) is 0 Å². The van der Waals surface area contributed by atoms with Crippen LogP contribution in [0.4, 0.5) is 0 Å². The van der Waals surface area contributed by atoms with Crippen molar-refractivity contribution in [2.24, 2.45) is 56.7 Å². The van der Waals surface area contributed by atoms with E-state index in [1.165, 1.54) is 0 Å². The summed E-state index contributed by atoms with van der Waals surface area (Å²) >= 11 is 0. The molecule has 310 valence electrons. The minimum absolute atomic E-state index is 0.0560. The van der Waals surface area contributed by atoms with Gasteiger partial charge in [0.15, 0.2) is 12.6 Å². The summed E-state index contributed by atoms with van der Waals surface area (Å²) in [5.74, 6) is 0.520. The predicted molar refractivity (Wildman–Crippen MR) is 193 cm³/mol. The second-order valence-electron chi connectivity index (χ2n) is 20.1. The largest absolute Gasteiger partial charge is 0.394 e. The number of carbonyl (C=O) groups excluding carboxylic acids is 1. The Hall–Kier alpha value is -0.810. The van der Waals surface area contributed by atoms with Crippen LogP contribution in [-0.4, -0.2) is 133 Å². The first-order valence-electron chi connectivity index (χ1n) is 20.7. The fourth-order valence-electron chi connectivity index (χ4n) is 14.1. The fraction of sp³-hybridized carbons (Fsp3) is 0.976. The quantitative estimate of drug-likeness (QED) is 0.149. The number of hydrogen-bond acceptors (Lipinski definition) is 13. The molecule has 0 aromatic carbocycles. The van der Waals surface area contributed by atoms with Crippen molar-refractivity contribution in [2.75, 3.05) is 13.2 Å². The van der Waals surface area contributed by atoms with Gasteiger partial charge in [-0.05, 0) is 96.7 Å². The summed E-state index contributed by atoms with van der Waals surface area (Å²) in [4.78, 5) is 12.8. The maximum Gasteiger partial charge on any atom is 0.186 e. The van der Waals surface area contributed by atoms with Gasteiger partial charge in [0.25, 0.3) is 0 Å². The van der Waals surface area contributed by atoms with Crippen molar-refractivity contribution in [3.63, 3.8) is 0 Å². The second-order valence-corrected chi connectivity index (χ2v) is 20.1. The molecule has 7 fully saturated rings. The molecule has 0 radical (unpaired) electrons. The highest BCUT2D eigenvalue weighted by Crippen LogP contribution is 2.89. The zero-order valence-corrected chi connectivity index (χ0v) is 33.2. The lowest BCUT2D eigenvalue weighted by molar-refractivity contribution is -0.327. The lowest BCUT2D eigenvalue weighted by atomic mass is 9.41. The van der Waals surface area contributed by atoms with Crippen molar-refractivity contribution in [1.29, 1.82) is 0 Å². The smallest absolute Gasteiger partial charge is 0.186 e. The summed E-state index contributed by atoms with van der Waals surface area (Å²) in [6, 6.07) is 0. The van der Waals surface area contributed by atoms with Crippen molar-refractivity contribution in [3.05, 3.63) is 0 Å². The van der Waals surface area contributed by atoms with Gasteiger partial charge in [0, 0.05) is 17.8 Å². The van der Waals surface area contributed by atoms with E-state index in [2.05, 4.69) is 34.6 Å². The Morgan fingerprint density at radius 2 is 1.46 bits per heavy atom. The van der Waals surface area contributed by atoms with E-state index in [0.29, 0.717) is 32.1 Å². The Bertz CT molecular complexity index is 1390. The molecule has 54 heavy (non-hydrogen) atoms. The molecule has 0 aromatic rings. The third-order valence-corrected chi connectivity index (χ3v) is 17.1. The molecule has 8 N–H and O–H groups in total. The molecule has 0 unspecified atom stereocenters. The highest BCUT2D eigenvalue weighted by molar-refractivity contribution is 5.80. The summed E-state index contributed by atoms with van der Waals surface area (Å²) in [5.41, 5.74) is -1.45. The summed E-state index contributed by atoms with van der Waals surface area (Å²) < 4.78 is 24.7. The monoisotopic (exact) mass is 768 g/mol. The summed E-state index contributed by atoms with van der Waals surface area (Å²) in [6.45, 7) is 14.4. The summed E-state index contributed by atoms with van der Waals surface area (Å²) in [5, 5.41) is 85.6. The molecule has 5 saturated carbocycles. The van der Waals surface area contributed by atoms with Gasteiger partial charge in [-0.25, -0.2) is 0 Å². The number of Topliss-reactive ketones (excluding diaryl/α,β-unsaturated/α-hetero) is 1. The zero-order chi connectivity index (χ0) is 39.5. The number of ether oxygens (including phenoxy) is 4. The number of ketones is 1. The number of aliphatic hydroxyl groups is 8. The van der Waals surface area contributed by atoms with Gasteiger partial charge in [0.1, 0.15) is 48.5 Å². The van der Waals surface area contributed by atoms with Gasteiger partial charge in [0.2, 0.25) is 0 Å². The molecule has 0 amide bonds. The zero-order valence-electron chi connectivity index (χ0n) is 33.2. The third-order valence-electron chi connectivity index (χ3n) is 17.1. The number of fused-ring (bicyclic) bond motifs is 2. The molecule has 7 aliphatic rings. The molecule has 20 atom stereocenters. The van der Waals surface area contributed by atoms with Crippen molar-refractivity contribution in [3.8, 4) is 0 Å². The van der Waals surface area contributed by atoms with E-state index in [-0.39, 0.29) is 81.3 Å². The van der Waals surface area contributed by atoms with E-state index in [1.807, 2.05) is 13.8 Å². The number of hydrogen-bond donors (Lipinski definition) is 8. The Kier molecular flexibility index (Phi) is 10.9. The summed E-state index contributed by atoms with van der Waals surface area (Å²) in [6.07, 6.45) is -6.56. The first kappa shape index (κ1) is 41.4. The average molecular weight is 769 g/mol. The highest BCUT2D eigenvalue weighted by atomic mass is 16.7. The molecule has 0 bridgehead atoms. The van der Waals surface area contributed by atoms with Crippen LogP contribution in [0.5, 0.6) is 0 Å². The molecule has 13 heteroatoms. The molecule has 2 aliphatic heterocycles. The molecule has 5 aliphatic carbocycles. The Labute approximate surface area is 319 Å². The van der Waals surface area contributed by atoms with Crippen LogP contribution in [-0.2, 0) is 23.7 Å². The van der Waals surface area contributed by atoms with Gasteiger partial charge in [-0.3, -0.25) is 4.79 Å². The van der Waals surface area contributed by atoms with Crippen LogP contribution >= 0.6 is 0 Å². The topological polar surface area (TPSA) is 216 Å². The van der Waals surface area contributed by atoms with E-state index >= 15 is 0 Å². The SMILES string of the molecule is CC(C)C(=O)CC[C@@H](C)[C@H]1[C@@H](O[C@@H]2OC[C@H](O)[C@H](O)[C@H]2O)C[C@@]2(C)[C@@H]3CC[C@H]4C(C)(C)[C@@H](O[C@@H]5O[C@H](CO)[C@@H](O)[C@H](O)[C@H]5O)CC[C@@]45C[C@@]35[C@H](O)C[C@]12C. The minimum atomic E-state index is -1.51. The van der Waals surface area contributed by atoms with Crippen molar-refractivity contribution >= 4 is 5.78 Å². The maximum absolute atomic E-state index is 12.8. The molecule has 2 saturated heterocycles. The first-order chi connectivity index (χ1) is 25.2. The maximum atomic E-state index is 12.8. The minimum Gasteiger partial charge on any atom is -0.394 e.